The second kappa shape index (κ2) is 13.6. The molecule has 41 heavy (non-hydrogen) atoms. The molecular weight excluding hydrogens is 585 g/mol. The fraction of sp³-hybridized carbons (Fsp3) is 0.333. The number of benzene rings is 3. The van der Waals surface area contributed by atoms with Crippen LogP contribution in [0.2, 0.25) is 10.0 Å². The number of nitrogens with zero attached hydrogens (tertiary/aromatic N) is 2. The molecule has 220 valence electrons. The number of amides is 2. The zero-order valence-electron chi connectivity index (χ0n) is 23.7. The fourth-order valence-corrected chi connectivity index (χ4v) is 6.18. The molecule has 11 heteroatoms. The van der Waals surface area contributed by atoms with Gasteiger partial charge in [-0.05, 0) is 75.7 Å². The number of anilines is 1. The Kier molecular flexibility index (Phi) is 10.7. The average Bonchev–Trinajstić information content (AvgIpc) is 2.92. The van der Waals surface area contributed by atoms with Crippen LogP contribution in [0.25, 0.3) is 0 Å². The van der Waals surface area contributed by atoms with Crippen LogP contribution in [0, 0.1) is 0 Å². The van der Waals surface area contributed by atoms with Crippen molar-refractivity contribution < 1.29 is 22.7 Å². The summed E-state index contributed by atoms with van der Waals surface area (Å²) in [6.45, 7) is 6.62. The first-order chi connectivity index (χ1) is 19.3. The SMILES string of the molecule is CCC(C(=O)NC(C)(C)C)N(Cc1c(Cl)cccc1Cl)C(=O)CN(c1ccc(OC)cc1)S(=O)(=O)c1ccccc1. The third kappa shape index (κ3) is 8.15. The minimum atomic E-state index is -4.18. The molecule has 1 unspecified atom stereocenters. The highest BCUT2D eigenvalue weighted by molar-refractivity contribution is 7.92. The summed E-state index contributed by atoms with van der Waals surface area (Å²) in [4.78, 5) is 28.9. The number of carbonyl (C=O) groups excluding carboxylic acids is 2. The quantitative estimate of drug-likeness (QED) is 0.287. The van der Waals surface area contributed by atoms with E-state index in [1.807, 2.05) is 20.8 Å². The molecule has 3 aromatic rings. The highest BCUT2D eigenvalue weighted by Gasteiger charge is 2.35. The van der Waals surface area contributed by atoms with E-state index >= 15 is 0 Å². The number of rotatable bonds is 11. The van der Waals surface area contributed by atoms with E-state index in [0.29, 0.717) is 21.4 Å². The zero-order chi connectivity index (χ0) is 30.4. The van der Waals surface area contributed by atoms with E-state index < -0.39 is 34.1 Å². The second-order valence-electron chi connectivity index (χ2n) is 10.4. The van der Waals surface area contributed by atoms with Gasteiger partial charge in [0.2, 0.25) is 11.8 Å². The Bertz CT molecular complexity index is 1440. The molecule has 0 bridgehead atoms. The van der Waals surface area contributed by atoms with Gasteiger partial charge < -0.3 is 15.0 Å². The average molecular weight is 621 g/mol. The smallest absolute Gasteiger partial charge is 0.264 e. The summed E-state index contributed by atoms with van der Waals surface area (Å²) in [6.07, 6.45) is 0.268. The lowest BCUT2D eigenvalue weighted by atomic mass is 10.1. The van der Waals surface area contributed by atoms with E-state index in [0.717, 1.165) is 4.31 Å². The summed E-state index contributed by atoms with van der Waals surface area (Å²) in [5, 5.41) is 3.58. The van der Waals surface area contributed by atoms with Gasteiger partial charge in [-0.3, -0.25) is 13.9 Å². The summed E-state index contributed by atoms with van der Waals surface area (Å²) in [7, 11) is -2.68. The molecule has 0 aromatic heterocycles. The molecule has 0 radical (unpaired) electrons. The van der Waals surface area contributed by atoms with Crippen LogP contribution < -0.4 is 14.4 Å². The summed E-state index contributed by atoms with van der Waals surface area (Å²) in [6, 6.07) is 18.2. The number of carbonyl (C=O) groups is 2. The van der Waals surface area contributed by atoms with E-state index in [-0.39, 0.29) is 29.5 Å². The van der Waals surface area contributed by atoms with Gasteiger partial charge in [-0.15, -0.1) is 0 Å². The van der Waals surface area contributed by atoms with Gasteiger partial charge in [0, 0.05) is 27.7 Å². The first-order valence-corrected chi connectivity index (χ1v) is 15.2. The van der Waals surface area contributed by atoms with Crippen LogP contribution in [0.4, 0.5) is 5.69 Å². The van der Waals surface area contributed by atoms with Crippen LogP contribution >= 0.6 is 23.2 Å². The van der Waals surface area contributed by atoms with Crippen molar-refractivity contribution in [2.45, 2.75) is 57.1 Å². The molecule has 0 spiro atoms. The lowest BCUT2D eigenvalue weighted by Gasteiger charge is -2.35. The maximum absolute atomic E-state index is 14.2. The number of ether oxygens (including phenoxy) is 1. The number of hydrogen-bond acceptors (Lipinski definition) is 5. The molecule has 1 atom stereocenters. The van der Waals surface area contributed by atoms with Crippen LogP contribution in [0.1, 0.15) is 39.7 Å². The van der Waals surface area contributed by atoms with Crippen molar-refractivity contribution in [3.63, 3.8) is 0 Å². The number of nitrogens with one attached hydrogen (secondary N) is 1. The number of halogens is 2. The minimum Gasteiger partial charge on any atom is -0.497 e. The standard InChI is InChI=1S/C30H35Cl2N3O5S/c1-6-27(29(37)33-30(2,3)4)34(19-24-25(31)13-10-14-26(24)32)28(36)20-35(21-15-17-22(40-5)18-16-21)41(38,39)23-11-8-7-9-12-23/h7-18,27H,6,19-20H2,1-5H3,(H,33,37). The van der Waals surface area contributed by atoms with E-state index in [9.17, 15) is 18.0 Å². The maximum Gasteiger partial charge on any atom is 0.264 e. The van der Waals surface area contributed by atoms with Gasteiger partial charge >= 0.3 is 0 Å². The topological polar surface area (TPSA) is 96.0 Å². The normalized spacial score (nSPS) is 12.4. The van der Waals surface area contributed by atoms with Gasteiger partial charge in [0.15, 0.2) is 0 Å². The molecule has 1 N–H and O–H groups in total. The van der Waals surface area contributed by atoms with E-state index in [4.69, 9.17) is 27.9 Å². The number of methoxy groups -OCH3 is 1. The van der Waals surface area contributed by atoms with Gasteiger partial charge in [0.25, 0.3) is 10.0 Å². The van der Waals surface area contributed by atoms with Crippen LogP contribution in [-0.2, 0) is 26.2 Å². The van der Waals surface area contributed by atoms with Crippen molar-refractivity contribution in [1.29, 1.82) is 0 Å². The largest absolute Gasteiger partial charge is 0.497 e. The van der Waals surface area contributed by atoms with E-state index in [2.05, 4.69) is 5.32 Å². The molecule has 0 saturated carbocycles. The van der Waals surface area contributed by atoms with Crippen LogP contribution in [-0.4, -0.2) is 50.4 Å². The van der Waals surface area contributed by atoms with Gasteiger partial charge in [-0.2, -0.15) is 0 Å². The highest BCUT2D eigenvalue weighted by Crippen LogP contribution is 2.29. The third-order valence-electron chi connectivity index (χ3n) is 6.24. The Hall–Kier alpha value is -3.27. The number of hydrogen-bond donors (Lipinski definition) is 1. The van der Waals surface area contributed by atoms with E-state index in [1.54, 1.807) is 67.6 Å². The lowest BCUT2D eigenvalue weighted by Crippen LogP contribution is -2.55. The summed E-state index contributed by atoms with van der Waals surface area (Å²) in [5.41, 5.74) is 0.145. The van der Waals surface area contributed by atoms with Crippen molar-refractivity contribution in [2.75, 3.05) is 18.0 Å². The minimum absolute atomic E-state index is 0.0156. The Labute approximate surface area is 252 Å². The molecule has 8 nitrogen and oxygen atoms in total. The first-order valence-electron chi connectivity index (χ1n) is 13.0. The Balaban J connectivity index is 2.10. The van der Waals surface area contributed by atoms with Crippen molar-refractivity contribution in [1.82, 2.24) is 10.2 Å². The van der Waals surface area contributed by atoms with Crippen LogP contribution in [0.15, 0.2) is 77.7 Å². The molecule has 0 heterocycles. The van der Waals surface area contributed by atoms with Gasteiger partial charge in [0.1, 0.15) is 18.3 Å². The van der Waals surface area contributed by atoms with Crippen molar-refractivity contribution in [2.24, 2.45) is 0 Å². The van der Waals surface area contributed by atoms with Gasteiger partial charge in [-0.1, -0.05) is 54.4 Å². The Morgan fingerprint density at radius 3 is 2.02 bits per heavy atom. The third-order valence-corrected chi connectivity index (χ3v) is 8.74. The predicted octanol–water partition coefficient (Wildman–Crippen LogP) is 5.92. The summed E-state index contributed by atoms with van der Waals surface area (Å²) >= 11 is 12.9. The van der Waals surface area contributed by atoms with Crippen molar-refractivity contribution in [3.8, 4) is 5.75 Å². The zero-order valence-corrected chi connectivity index (χ0v) is 26.1. The van der Waals surface area contributed by atoms with Crippen molar-refractivity contribution >= 4 is 50.7 Å². The highest BCUT2D eigenvalue weighted by atomic mass is 35.5. The second-order valence-corrected chi connectivity index (χ2v) is 13.1. The Morgan fingerprint density at radius 1 is 0.927 bits per heavy atom. The maximum atomic E-state index is 14.2. The van der Waals surface area contributed by atoms with Crippen molar-refractivity contribution in [3.05, 3.63) is 88.4 Å². The molecule has 3 aromatic carbocycles. The molecule has 0 aliphatic heterocycles. The first kappa shape index (κ1) is 32.2. The molecule has 3 rings (SSSR count). The van der Waals surface area contributed by atoms with Gasteiger partial charge in [-0.25, -0.2) is 8.42 Å². The summed E-state index contributed by atoms with van der Waals surface area (Å²) in [5.74, 6) is -0.456. The molecule has 0 saturated heterocycles. The fourth-order valence-electron chi connectivity index (χ4n) is 4.22. The van der Waals surface area contributed by atoms with E-state index in [1.165, 1.54) is 24.1 Å². The number of sulfonamides is 1. The van der Waals surface area contributed by atoms with Crippen LogP contribution in [0.3, 0.4) is 0 Å². The molecular formula is C30H35Cl2N3O5S. The molecule has 0 aliphatic carbocycles. The molecule has 0 fully saturated rings. The Morgan fingerprint density at radius 2 is 1.51 bits per heavy atom. The lowest BCUT2D eigenvalue weighted by molar-refractivity contribution is -0.141. The molecule has 0 aliphatic rings. The van der Waals surface area contributed by atoms with Crippen LogP contribution in [0.5, 0.6) is 5.75 Å². The summed E-state index contributed by atoms with van der Waals surface area (Å²) < 4.78 is 34.0. The van der Waals surface area contributed by atoms with Gasteiger partial charge in [0.05, 0.1) is 17.7 Å². The molecule has 2 amide bonds. The monoisotopic (exact) mass is 619 g/mol. The predicted molar refractivity (Wildman–Crippen MR) is 163 cm³/mol.